The first kappa shape index (κ1) is 19.7. The molecule has 1 amide bonds. The van der Waals surface area contributed by atoms with Crippen molar-refractivity contribution < 1.29 is 9.53 Å². The molecular weight excluding hydrogens is 386 g/mol. The molecule has 3 heterocycles. The molecule has 0 bridgehead atoms. The van der Waals surface area contributed by atoms with Crippen molar-refractivity contribution in [3.63, 3.8) is 0 Å². The van der Waals surface area contributed by atoms with Crippen LogP contribution in [0.4, 0.5) is 0 Å². The molecule has 3 aromatic rings. The van der Waals surface area contributed by atoms with E-state index in [4.69, 9.17) is 4.74 Å². The van der Waals surface area contributed by atoms with Gasteiger partial charge in [0.2, 0.25) is 11.1 Å². The monoisotopic (exact) mass is 411 g/mol. The maximum atomic E-state index is 13.2. The molecule has 0 radical (unpaired) electrons. The molecule has 1 saturated heterocycles. The molecule has 0 aliphatic carbocycles. The van der Waals surface area contributed by atoms with Crippen molar-refractivity contribution in [2.45, 2.75) is 44.3 Å². The van der Waals surface area contributed by atoms with E-state index in [0.717, 1.165) is 47.7 Å². The minimum Gasteiger partial charge on any atom is -0.497 e. The first-order valence-corrected chi connectivity index (χ1v) is 10.9. The molecule has 1 aliphatic heterocycles. The van der Waals surface area contributed by atoms with Gasteiger partial charge in [0.25, 0.3) is 5.78 Å². The highest BCUT2D eigenvalue weighted by atomic mass is 32.2. The first-order valence-electron chi connectivity index (χ1n) is 9.72. The molecule has 2 aromatic heterocycles. The Hall–Kier alpha value is -2.61. The SMILES string of the molecule is COc1ccc(C2CCCN2C(=O)Cc2c(C)nc3nc(SC)nn3c2C)cc1. The fraction of sp³-hybridized carbons (Fsp3) is 0.429. The fourth-order valence-corrected chi connectivity index (χ4v) is 4.36. The number of thioether (sulfide) groups is 1. The smallest absolute Gasteiger partial charge is 0.253 e. The van der Waals surface area contributed by atoms with Crippen LogP contribution in [0.25, 0.3) is 5.78 Å². The highest BCUT2D eigenvalue weighted by Gasteiger charge is 2.30. The van der Waals surface area contributed by atoms with Crippen LogP contribution in [0.3, 0.4) is 0 Å². The van der Waals surface area contributed by atoms with E-state index in [-0.39, 0.29) is 11.9 Å². The zero-order valence-electron chi connectivity index (χ0n) is 17.2. The van der Waals surface area contributed by atoms with Gasteiger partial charge in [0, 0.05) is 23.5 Å². The largest absolute Gasteiger partial charge is 0.497 e. The van der Waals surface area contributed by atoms with E-state index in [1.165, 1.54) is 11.8 Å². The number of hydrogen-bond donors (Lipinski definition) is 0. The van der Waals surface area contributed by atoms with Crippen molar-refractivity contribution in [2.75, 3.05) is 19.9 Å². The molecular formula is C21H25N5O2S. The van der Waals surface area contributed by atoms with Crippen molar-refractivity contribution >= 4 is 23.4 Å². The van der Waals surface area contributed by atoms with Crippen molar-refractivity contribution in [3.8, 4) is 5.75 Å². The lowest BCUT2D eigenvalue weighted by molar-refractivity contribution is -0.131. The standard InChI is InChI=1S/C21H25N5O2S/c1-13-17(14(2)26-20(22-13)23-21(24-26)29-4)12-19(27)25-11-5-6-18(25)15-7-9-16(28-3)10-8-15/h7-10,18H,5-6,11-12H2,1-4H3. The minimum atomic E-state index is 0.111. The quantitative estimate of drug-likeness (QED) is 0.600. The molecule has 29 heavy (non-hydrogen) atoms. The van der Waals surface area contributed by atoms with Crippen LogP contribution in [0, 0.1) is 13.8 Å². The number of rotatable bonds is 5. The minimum absolute atomic E-state index is 0.111. The zero-order valence-corrected chi connectivity index (χ0v) is 18.0. The predicted molar refractivity (Wildman–Crippen MR) is 112 cm³/mol. The molecule has 1 atom stereocenters. The molecule has 8 heteroatoms. The zero-order chi connectivity index (χ0) is 20.5. The predicted octanol–water partition coefficient (Wildman–Crippen LogP) is 3.38. The van der Waals surface area contributed by atoms with Gasteiger partial charge in [-0.15, -0.1) is 5.10 Å². The summed E-state index contributed by atoms with van der Waals surface area (Å²) in [4.78, 5) is 24.2. The summed E-state index contributed by atoms with van der Waals surface area (Å²) >= 11 is 1.48. The van der Waals surface area contributed by atoms with Crippen LogP contribution in [-0.4, -0.2) is 50.3 Å². The van der Waals surface area contributed by atoms with E-state index >= 15 is 0 Å². The second-order valence-corrected chi connectivity index (χ2v) is 8.04. The summed E-state index contributed by atoms with van der Waals surface area (Å²) in [5, 5.41) is 5.17. The Kier molecular flexibility index (Phi) is 5.45. The van der Waals surface area contributed by atoms with Gasteiger partial charge in [-0.05, 0) is 50.6 Å². The number of aryl methyl sites for hydroxylation is 2. The molecule has 1 aromatic carbocycles. The van der Waals surface area contributed by atoms with Gasteiger partial charge in [0.1, 0.15) is 5.75 Å². The van der Waals surface area contributed by atoms with Gasteiger partial charge in [-0.25, -0.2) is 9.50 Å². The van der Waals surface area contributed by atoms with E-state index in [2.05, 4.69) is 27.2 Å². The number of amides is 1. The van der Waals surface area contributed by atoms with Gasteiger partial charge >= 0.3 is 0 Å². The van der Waals surface area contributed by atoms with Crippen LogP contribution in [0.2, 0.25) is 0 Å². The molecule has 7 nitrogen and oxygen atoms in total. The Morgan fingerprint density at radius 3 is 2.69 bits per heavy atom. The summed E-state index contributed by atoms with van der Waals surface area (Å²) in [5.41, 5.74) is 3.84. The molecule has 1 aliphatic rings. The van der Waals surface area contributed by atoms with Crippen LogP contribution < -0.4 is 4.74 Å². The normalized spacial score (nSPS) is 16.6. The molecule has 152 valence electrons. The maximum Gasteiger partial charge on any atom is 0.253 e. The molecule has 1 unspecified atom stereocenters. The third-order valence-electron chi connectivity index (χ3n) is 5.61. The molecule has 0 saturated carbocycles. The third-order valence-corrected chi connectivity index (χ3v) is 6.15. The van der Waals surface area contributed by atoms with Gasteiger partial charge in [-0.3, -0.25) is 4.79 Å². The topological polar surface area (TPSA) is 72.6 Å². The van der Waals surface area contributed by atoms with Gasteiger partial charge in [0.15, 0.2) is 0 Å². The average molecular weight is 412 g/mol. The number of fused-ring (bicyclic) bond motifs is 1. The number of hydrogen-bond acceptors (Lipinski definition) is 6. The number of benzene rings is 1. The van der Waals surface area contributed by atoms with Crippen molar-refractivity contribution in [1.29, 1.82) is 0 Å². The second-order valence-electron chi connectivity index (χ2n) is 7.27. The fourth-order valence-electron chi connectivity index (χ4n) is 4.02. The summed E-state index contributed by atoms with van der Waals surface area (Å²) in [7, 11) is 1.66. The van der Waals surface area contributed by atoms with Crippen molar-refractivity contribution in [2.24, 2.45) is 0 Å². The summed E-state index contributed by atoms with van der Waals surface area (Å²) in [5.74, 6) is 1.53. The van der Waals surface area contributed by atoms with Crippen LogP contribution >= 0.6 is 11.8 Å². The average Bonchev–Trinajstić information content (AvgIpc) is 3.38. The Morgan fingerprint density at radius 2 is 2.00 bits per heavy atom. The Balaban J connectivity index is 1.59. The van der Waals surface area contributed by atoms with E-state index < -0.39 is 0 Å². The van der Waals surface area contributed by atoms with E-state index in [9.17, 15) is 4.79 Å². The molecule has 0 spiro atoms. The number of methoxy groups -OCH3 is 1. The third kappa shape index (κ3) is 3.69. The summed E-state index contributed by atoms with van der Waals surface area (Å²) in [6.45, 7) is 4.70. The van der Waals surface area contributed by atoms with Gasteiger partial charge in [-0.2, -0.15) is 4.98 Å². The lowest BCUT2D eigenvalue weighted by Crippen LogP contribution is -2.32. The van der Waals surface area contributed by atoms with Gasteiger partial charge in [-0.1, -0.05) is 23.9 Å². The highest BCUT2D eigenvalue weighted by Crippen LogP contribution is 2.33. The number of nitrogens with zero attached hydrogens (tertiary/aromatic N) is 5. The first-order chi connectivity index (χ1) is 14.0. The van der Waals surface area contributed by atoms with E-state index in [1.807, 2.05) is 37.1 Å². The lowest BCUT2D eigenvalue weighted by atomic mass is 10.0. The molecule has 0 N–H and O–H groups in total. The van der Waals surface area contributed by atoms with Gasteiger partial charge < -0.3 is 9.64 Å². The van der Waals surface area contributed by atoms with Crippen molar-refractivity contribution in [1.82, 2.24) is 24.5 Å². The number of ether oxygens (including phenoxy) is 1. The molecule has 4 rings (SSSR count). The van der Waals surface area contributed by atoms with Crippen LogP contribution in [-0.2, 0) is 11.2 Å². The van der Waals surface area contributed by atoms with Crippen LogP contribution in [0.1, 0.15) is 41.4 Å². The number of carbonyl (C=O) groups is 1. The van der Waals surface area contributed by atoms with E-state index in [1.54, 1.807) is 11.6 Å². The lowest BCUT2D eigenvalue weighted by Gasteiger charge is -2.26. The Morgan fingerprint density at radius 1 is 1.24 bits per heavy atom. The Bertz CT molecular complexity index is 1050. The molecule has 1 fully saturated rings. The number of likely N-dealkylation sites (tertiary alicyclic amines) is 1. The maximum absolute atomic E-state index is 13.2. The van der Waals surface area contributed by atoms with Crippen molar-refractivity contribution in [3.05, 3.63) is 46.8 Å². The number of carbonyl (C=O) groups excluding carboxylic acids is 1. The number of aromatic nitrogens is 4. The van der Waals surface area contributed by atoms with Crippen LogP contribution in [0.15, 0.2) is 29.4 Å². The van der Waals surface area contributed by atoms with E-state index in [0.29, 0.717) is 17.4 Å². The summed E-state index contributed by atoms with van der Waals surface area (Å²) in [6.07, 6.45) is 4.25. The van der Waals surface area contributed by atoms with Gasteiger partial charge in [0.05, 0.1) is 19.6 Å². The Labute approximate surface area is 174 Å². The second kappa shape index (κ2) is 8.02. The highest BCUT2D eigenvalue weighted by molar-refractivity contribution is 7.98. The summed E-state index contributed by atoms with van der Waals surface area (Å²) < 4.78 is 7.00. The van der Waals surface area contributed by atoms with Crippen LogP contribution in [0.5, 0.6) is 5.75 Å². The summed E-state index contributed by atoms with van der Waals surface area (Å²) in [6, 6.07) is 8.13.